The number of likely N-dealkylation sites (tertiary alicyclic amines) is 1. The van der Waals surface area contributed by atoms with E-state index < -0.39 is 12.1 Å². The summed E-state index contributed by atoms with van der Waals surface area (Å²) >= 11 is 0. The number of para-hydroxylation sites is 1. The highest BCUT2D eigenvalue weighted by molar-refractivity contribution is 5.96. The Morgan fingerprint density at radius 1 is 1.24 bits per heavy atom. The first-order valence-corrected chi connectivity index (χ1v) is 7.22. The van der Waals surface area contributed by atoms with Crippen LogP contribution >= 0.6 is 0 Å². The lowest BCUT2D eigenvalue weighted by molar-refractivity contribution is -0.138. The van der Waals surface area contributed by atoms with E-state index in [-0.39, 0.29) is 5.91 Å². The summed E-state index contributed by atoms with van der Waals surface area (Å²) in [5, 5.41) is 0.947. The minimum absolute atomic E-state index is 0.114. The Labute approximate surface area is 122 Å². The summed E-state index contributed by atoms with van der Waals surface area (Å²) in [6.45, 7) is 3.14. The third-order valence-corrected chi connectivity index (χ3v) is 3.80. The average molecular weight is 286 g/mol. The molecule has 1 aliphatic heterocycles. The maximum absolute atomic E-state index is 12.1. The van der Waals surface area contributed by atoms with Gasteiger partial charge in [-0.1, -0.05) is 18.2 Å². The molecule has 1 atom stereocenters. The normalized spacial score (nSPS) is 16.1. The molecule has 1 amide bonds. The standard InChI is InChI=1S/C16H18N2O3/c1-11(15(19)18-8-4-5-9-18)21-16(20)14-10-12-6-2-3-7-13(12)17-14/h2-3,6-7,10-11,17H,4-5,8-9H2,1H3/t11-/m0/s1. The Kier molecular flexibility index (Phi) is 3.64. The molecule has 3 rings (SSSR count). The van der Waals surface area contributed by atoms with Crippen molar-refractivity contribution >= 4 is 22.8 Å². The molecule has 21 heavy (non-hydrogen) atoms. The monoisotopic (exact) mass is 286 g/mol. The van der Waals surface area contributed by atoms with Gasteiger partial charge in [-0.05, 0) is 31.9 Å². The van der Waals surface area contributed by atoms with Gasteiger partial charge in [0.15, 0.2) is 6.10 Å². The van der Waals surface area contributed by atoms with Crippen LogP contribution in [0.1, 0.15) is 30.3 Å². The largest absolute Gasteiger partial charge is 0.448 e. The summed E-state index contributed by atoms with van der Waals surface area (Å²) in [6, 6.07) is 9.36. The van der Waals surface area contributed by atoms with E-state index in [1.54, 1.807) is 17.9 Å². The van der Waals surface area contributed by atoms with Crippen LogP contribution < -0.4 is 0 Å². The van der Waals surface area contributed by atoms with E-state index in [2.05, 4.69) is 4.98 Å². The van der Waals surface area contributed by atoms with E-state index in [9.17, 15) is 9.59 Å². The maximum atomic E-state index is 12.1. The van der Waals surface area contributed by atoms with Crippen LogP contribution in [0.4, 0.5) is 0 Å². The quantitative estimate of drug-likeness (QED) is 0.881. The molecule has 0 radical (unpaired) electrons. The summed E-state index contributed by atoms with van der Waals surface area (Å²) in [5.74, 6) is -0.608. The molecule has 0 saturated carbocycles. The van der Waals surface area contributed by atoms with E-state index in [1.165, 1.54) is 0 Å². The molecule has 1 aromatic heterocycles. The van der Waals surface area contributed by atoms with Crippen LogP contribution in [-0.4, -0.2) is 41.0 Å². The van der Waals surface area contributed by atoms with Crippen molar-refractivity contribution in [3.05, 3.63) is 36.0 Å². The molecule has 5 heteroatoms. The number of esters is 1. The Balaban J connectivity index is 1.68. The Bertz CT molecular complexity index is 638. The molecular weight excluding hydrogens is 268 g/mol. The van der Waals surface area contributed by atoms with Gasteiger partial charge in [0.2, 0.25) is 0 Å². The molecule has 1 N–H and O–H groups in total. The first-order chi connectivity index (χ1) is 10.1. The lowest BCUT2D eigenvalue weighted by atomic mass is 10.2. The van der Waals surface area contributed by atoms with Crippen LogP contribution in [0.15, 0.2) is 30.3 Å². The van der Waals surface area contributed by atoms with E-state index in [1.807, 2.05) is 24.3 Å². The summed E-state index contributed by atoms with van der Waals surface area (Å²) in [5.41, 5.74) is 1.25. The van der Waals surface area contributed by atoms with Crippen LogP contribution in [0.2, 0.25) is 0 Å². The zero-order valence-electron chi connectivity index (χ0n) is 12.0. The number of aromatic nitrogens is 1. The third-order valence-electron chi connectivity index (χ3n) is 3.80. The van der Waals surface area contributed by atoms with Gasteiger partial charge in [0.1, 0.15) is 5.69 Å². The van der Waals surface area contributed by atoms with Crippen molar-refractivity contribution in [3.8, 4) is 0 Å². The fraction of sp³-hybridized carbons (Fsp3) is 0.375. The highest BCUT2D eigenvalue weighted by Crippen LogP contribution is 2.16. The van der Waals surface area contributed by atoms with Gasteiger partial charge >= 0.3 is 5.97 Å². The molecule has 0 spiro atoms. The number of amides is 1. The van der Waals surface area contributed by atoms with Crippen molar-refractivity contribution < 1.29 is 14.3 Å². The number of hydrogen-bond acceptors (Lipinski definition) is 3. The predicted molar refractivity (Wildman–Crippen MR) is 79.0 cm³/mol. The van der Waals surface area contributed by atoms with Gasteiger partial charge in [0.25, 0.3) is 5.91 Å². The lowest BCUT2D eigenvalue weighted by Crippen LogP contribution is -2.38. The molecule has 2 aromatic rings. The summed E-state index contributed by atoms with van der Waals surface area (Å²) in [7, 11) is 0. The van der Waals surface area contributed by atoms with Gasteiger partial charge in [-0.3, -0.25) is 4.79 Å². The molecule has 0 bridgehead atoms. The topological polar surface area (TPSA) is 62.4 Å². The average Bonchev–Trinajstić information content (AvgIpc) is 3.15. The number of nitrogens with zero attached hydrogens (tertiary/aromatic N) is 1. The Morgan fingerprint density at radius 2 is 1.95 bits per heavy atom. The number of nitrogens with one attached hydrogen (secondary N) is 1. The van der Waals surface area contributed by atoms with E-state index in [4.69, 9.17) is 4.74 Å². The Hall–Kier alpha value is -2.30. The summed E-state index contributed by atoms with van der Waals surface area (Å²) in [4.78, 5) is 29.0. The van der Waals surface area contributed by atoms with Crippen molar-refractivity contribution in [3.63, 3.8) is 0 Å². The number of fused-ring (bicyclic) bond motifs is 1. The van der Waals surface area contributed by atoms with Crippen molar-refractivity contribution in [2.75, 3.05) is 13.1 Å². The second-order valence-corrected chi connectivity index (χ2v) is 5.35. The zero-order chi connectivity index (χ0) is 14.8. The lowest BCUT2D eigenvalue weighted by Gasteiger charge is -2.20. The minimum Gasteiger partial charge on any atom is -0.448 e. The van der Waals surface area contributed by atoms with Gasteiger partial charge in [-0.15, -0.1) is 0 Å². The number of carbonyl (C=O) groups excluding carboxylic acids is 2. The molecule has 5 nitrogen and oxygen atoms in total. The first-order valence-electron chi connectivity index (χ1n) is 7.22. The molecule has 0 unspecified atom stereocenters. The number of hydrogen-bond donors (Lipinski definition) is 1. The molecule has 1 fully saturated rings. The van der Waals surface area contributed by atoms with Gasteiger partial charge < -0.3 is 14.6 Å². The first kappa shape index (κ1) is 13.7. The van der Waals surface area contributed by atoms with Crippen molar-refractivity contribution in [2.24, 2.45) is 0 Å². The molecule has 0 aliphatic carbocycles. The van der Waals surface area contributed by atoms with Crippen LogP contribution in [0.25, 0.3) is 10.9 Å². The number of aromatic amines is 1. The van der Waals surface area contributed by atoms with E-state index >= 15 is 0 Å². The number of ether oxygens (including phenoxy) is 1. The highest BCUT2D eigenvalue weighted by Gasteiger charge is 2.26. The smallest absolute Gasteiger partial charge is 0.355 e. The van der Waals surface area contributed by atoms with E-state index in [0.29, 0.717) is 5.69 Å². The van der Waals surface area contributed by atoms with Gasteiger partial charge in [0, 0.05) is 24.0 Å². The molecule has 1 aromatic carbocycles. The van der Waals surface area contributed by atoms with Crippen molar-refractivity contribution in [1.82, 2.24) is 9.88 Å². The van der Waals surface area contributed by atoms with Gasteiger partial charge in [-0.2, -0.15) is 0 Å². The number of benzene rings is 1. The summed E-state index contributed by atoms with van der Waals surface area (Å²) < 4.78 is 5.28. The maximum Gasteiger partial charge on any atom is 0.355 e. The molecule has 1 aliphatic rings. The van der Waals surface area contributed by atoms with Crippen LogP contribution in [0.3, 0.4) is 0 Å². The second kappa shape index (κ2) is 5.60. The predicted octanol–water partition coefficient (Wildman–Crippen LogP) is 2.34. The number of rotatable bonds is 3. The molecule has 2 heterocycles. The minimum atomic E-state index is -0.748. The molecule has 1 saturated heterocycles. The fourth-order valence-corrected chi connectivity index (χ4v) is 2.65. The number of carbonyl (C=O) groups is 2. The second-order valence-electron chi connectivity index (χ2n) is 5.35. The van der Waals surface area contributed by atoms with E-state index in [0.717, 1.165) is 36.8 Å². The zero-order valence-corrected chi connectivity index (χ0v) is 12.0. The van der Waals surface area contributed by atoms with Crippen LogP contribution in [0.5, 0.6) is 0 Å². The van der Waals surface area contributed by atoms with Gasteiger partial charge in [-0.25, -0.2) is 4.79 Å². The van der Waals surface area contributed by atoms with Crippen molar-refractivity contribution in [1.29, 1.82) is 0 Å². The third kappa shape index (κ3) is 2.77. The van der Waals surface area contributed by atoms with Crippen LogP contribution in [-0.2, 0) is 9.53 Å². The summed E-state index contributed by atoms with van der Waals surface area (Å²) in [6.07, 6.45) is 1.30. The molecule has 110 valence electrons. The number of H-pyrrole nitrogens is 1. The highest BCUT2D eigenvalue weighted by atomic mass is 16.5. The molecular formula is C16H18N2O3. The van der Waals surface area contributed by atoms with Crippen molar-refractivity contribution in [2.45, 2.75) is 25.9 Å². The Morgan fingerprint density at radius 3 is 2.67 bits per heavy atom. The van der Waals surface area contributed by atoms with Crippen LogP contribution in [0, 0.1) is 0 Å². The fourth-order valence-electron chi connectivity index (χ4n) is 2.65. The SMILES string of the molecule is C[C@H](OC(=O)c1cc2ccccc2[nH]1)C(=O)N1CCCC1. The van der Waals surface area contributed by atoms with Gasteiger partial charge in [0.05, 0.1) is 0 Å².